The first-order valence-electron chi connectivity index (χ1n) is 9.50. The van der Waals surface area contributed by atoms with Gasteiger partial charge in [0.25, 0.3) is 0 Å². The molecule has 146 valence electrons. The Labute approximate surface area is 165 Å². The van der Waals surface area contributed by atoms with Crippen LogP contribution in [0.1, 0.15) is 40.7 Å². The fourth-order valence-corrected chi connectivity index (χ4v) is 3.25. The number of hydrogen-bond acceptors (Lipinski definition) is 3. The second-order valence-electron chi connectivity index (χ2n) is 6.95. The van der Waals surface area contributed by atoms with Gasteiger partial charge >= 0.3 is 0 Å². The topological polar surface area (TPSA) is 64.7 Å². The first-order valence-corrected chi connectivity index (χ1v) is 9.50. The normalized spacial score (nSPS) is 11.3. The molecule has 2 heterocycles. The number of hydrogen-bond donors (Lipinski definition) is 1. The van der Waals surface area contributed by atoms with Crippen LogP contribution in [-0.2, 0) is 17.9 Å². The number of rotatable bonds is 6. The van der Waals surface area contributed by atoms with Crippen molar-refractivity contribution in [3.8, 4) is 0 Å². The summed E-state index contributed by atoms with van der Waals surface area (Å²) in [6.07, 6.45) is 5.12. The van der Waals surface area contributed by atoms with Crippen LogP contribution in [0.25, 0.3) is 6.08 Å². The molecule has 2 aromatic heterocycles. The van der Waals surface area contributed by atoms with E-state index in [1.54, 1.807) is 18.3 Å². The van der Waals surface area contributed by atoms with E-state index in [0.29, 0.717) is 6.54 Å². The Hall–Kier alpha value is -3.15. The molecule has 0 fully saturated rings. The zero-order valence-electron chi connectivity index (χ0n) is 17.2. The molecule has 3 rings (SSSR count). The van der Waals surface area contributed by atoms with Crippen molar-refractivity contribution in [1.82, 2.24) is 19.6 Å². The van der Waals surface area contributed by atoms with Crippen LogP contribution in [0.5, 0.6) is 0 Å². The smallest absolute Gasteiger partial charge is 0.248 e. The third-order valence-corrected chi connectivity index (χ3v) is 5.07. The highest BCUT2D eigenvalue weighted by atomic mass is 16.1. The van der Waals surface area contributed by atoms with Gasteiger partial charge < -0.3 is 5.32 Å². The number of carbonyl (C=O) groups is 1. The molecule has 0 atom stereocenters. The molecule has 28 heavy (non-hydrogen) atoms. The molecular formula is C22H27N5O. The number of benzene rings is 1. The molecule has 0 radical (unpaired) electrons. The summed E-state index contributed by atoms with van der Waals surface area (Å²) < 4.78 is 3.84. The number of aryl methyl sites for hydroxylation is 3. The molecule has 1 aromatic carbocycles. The summed E-state index contributed by atoms with van der Waals surface area (Å²) in [5.74, 6) is -0.176. The summed E-state index contributed by atoms with van der Waals surface area (Å²) in [5, 5.41) is 11.9. The van der Waals surface area contributed by atoms with Crippen molar-refractivity contribution in [2.75, 3.05) is 5.32 Å². The quantitative estimate of drug-likeness (QED) is 0.660. The number of amides is 1. The van der Waals surface area contributed by atoms with Gasteiger partial charge in [-0.3, -0.25) is 14.2 Å². The van der Waals surface area contributed by atoms with Crippen molar-refractivity contribution in [1.29, 1.82) is 0 Å². The van der Waals surface area contributed by atoms with Crippen molar-refractivity contribution in [3.63, 3.8) is 0 Å². The lowest BCUT2D eigenvalue weighted by molar-refractivity contribution is -0.111. The standard InChI is InChI=1S/C22H27N5O/c1-6-26-17(4)19(13-23-26)11-12-21(28)24-22-16(3)25-27(18(22)5)14-20-10-8-7-9-15(20)2/h7-13H,6,14H2,1-5H3,(H,24,28)/b12-11-. The second-order valence-corrected chi connectivity index (χ2v) is 6.95. The van der Waals surface area contributed by atoms with E-state index in [0.717, 1.165) is 34.9 Å². The van der Waals surface area contributed by atoms with Crippen molar-refractivity contribution in [3.05, 3.63) is 70.3 Å². The second kappa shape index (κ2) is 8.25. The van der Waals surface area contributed by atoms with Gasteiger partial charge in [-0.25, -0.2) is 0 Å². The minimum absolute atomic E-state index is 0.176. The SMILES string of the molecule is CCn1ncc(/C=C\C(=O)Nc2c(C)nn(Cc3ccccc3C)c2C)c1C. The van der Waals surface area contributed by atoms with E-state index in [-0.39, 0.29) is 5.91 Å². The monoisotopic (exact) mass is 377 g/mol. The van der Waals surface area contributed by atoms with Gasteiger partial charge in [-0.1, -0.05) is 24.3 Å². The average molecular weight is 377 g/mol. The minimum Gasteiger partial charge on any atom is -0.319 e. The zero-order chi connectivity index (χ0) is 20.3. The van der Waals surface area contributed by atoms with Crippen molar-refractivity contribution < 1.29 is 4.79 Å². The van der Waals surface area contributed by atoms with E-state index < -0.39 is 0 Å². The number of anilines is 1. The summed E-state index contributed by atoms with van der Waals surface area (Å²) in [7, 11) is 0. The van der Waals surface area contributed by atoms with Gasteiger partial charge in [0, 0.05) is 23.9 Å². The fraction of sp³-hybridized carbons (Fsp3) is 0.318. The molecule has 0 saturated heterocycles. The highest BCUT2D eigenvalue weighted by Crippen LogP contribution is 2.21. The van der Waals surface area contributed by atoms with Gasteiger partial charge in [0.2, 0.25) is 5.91 Å². The van der Waals surface area contributed by atoms with E-state index in [1.807, 2.05) is 49.2 Å². The fourth-order valence-electron chi connectivity index (χ4n) is 3.25. The first-order chi connectivity index (χ1) is 13.4. The average Bonchev–Trinajstić information content (AvgIpc) is 3.16. The van der Waals surface area contributed by atoms with E-state index >= 15 is 0 Å². The Morgan fingerprint density at radius 3 is 2.54 bits per heavy atom. The summed E-state index contributed by atoms with van der Waals surface area (Å²) >= 11 is 0. The van der Waals surface area contributed by atoms with E-state index in [4.69, 9.17) is 0 Å². The van der Waals surface area contributed by atoms with E-state index in [1.165, 1.54) is 11.1 Å². The summed E-state index contributed by atoms with van der Waals surface area (Å²) in [5.41, 5.74) is 6.95. The largest absolute Gasteiger partial charge is 0.319 e. The number of carbonyl (C=O) groups excluding carboxylic acids is 1. The van der Waals surface area contributed by atoms with Crippen LogP contribution in [0, 0.1) is 27.7 Å². The van der Waals surface area contributed by atoms with Gasteiger partial charge in [-0.2, -0.15) is 10.2 Å². The van der Waals surface area contributed by atoms with Crippen LogP contribution >= 0.6 is 0 Å². The maximum atomic E-state index is 12.4. The first kappa shape index (κ1) is 19.6. The Bertz CT molecular complexity index is 1030. The summed E-state index contributed by atoms with van der Waals surface area (Å²) in [4.78, 5) is 12.4. The van der Waals surface area contributed by atoms with Gasteiger partial charge in [0.15, 0.2) is 0 Å². The molecule has 0 bridgehead atoms. The van der Waals surface area contributed by atoms with Crippen molar-refractivity contribution in [2.45, 2.75) is 47.7 Å². The highest BCUT2D eigenvalue weighted by molar-refractivity contribution is 6.02. The zero-order valence-corrected chi connectivity index (χ0v) is 17.2. The van der Waals surface area contributed by atoms with Crippen LogP contribution in [0.4, 0.5) is 5.69 Å². The third kappa shape index (κ3) is 4.06. The Morgan fingerprint density at radius 2 is 1.86 bits per heavy atom. The van der Waals surface area contributed by atoms with Gasteiger partial charge in [-0.05, 0) is 51.8 Å². The molecule has 1 amide bonds. The van der Waals surface area contributed by atoms with Crippen LogP contribution in [0.2, 0.25) is 0 Å². The lowest BCUT2D eigenvalue weighted by atomic mass is 10.1. The lowest BCUT2D eigenvalue weighted by Crippen LogP contribution is -2.10. The van der Waals surface area contributed by atoms with Gasteiger partial charge in [0.05, 0.1) is 29.8 Å². The lowest BCUT2D eigenvalue weighted by Gasteiger charge is -2.08. The molecule has 0 saturated carbocycles. The maximum Gasteiger partial charge on any atom is 0.248 e. The Morgan fingerprint density at radius 1 is 1.11 bits per heavy atom. The minimum atomic E-state index is -0.176. The number of nitrogens with zero attached hydrogens (tertiary/aromatic N) is 4. The molecule has 0 aliphatic carbocycles. The van der Waals surface area contributed by atoms with E-state index in [9.17, 15) is 4.79 Å². The van der Waals surface area contributed by atoms with Gasteiger partial charge in [0.1, 0.15) is 0 Å². The van der Waals surface area contributed by atoms with Crippen molar-refractivity contribution in [2.24, 2.45) is 0 Å². The molecule has 6 nitrogen and oxygen atoms in total. The number of aromatic nitrogens is 4. The molecule has 0 unspecified atom stereocenters. The molecule has 0 spiro atoms. The summed E-state index contributed by atoms with van der Waals surface area (Å²) in [6, 6.07) is 8.26. The molecular weight excluding hydrogens is 350 g/mol. The summed E-state index contributed by atoms with van der Waals surface area (Å²) in [6.45, 7) is 11.5. The Balaban J connectivity index is 1.74. The van der Waals surface area contributed by atoms with Gasteiger partial charge in [-0.15, -0.1) is 0 Å². The van der Waals surface area contributed by atoms with Crippen LogP contribution < -0.4 is 5.32 Å². The van der Waals surface area contributed by atoms with Crippen LogP contribution in [0.15, 0.2) is 36.5 Å². The predicted octanol–water partition coefficient (Wildman–Crippen LogP) is 4.03. The van der Waals surface area contributed by atoms with Crippen LogP contribution in [-0.4, -0.2) is 25.5 Å². The highest BCUT2D eigenvalue weighted by Gasteiger charge is 2.14. The molecule has 3 aromatic rings. The molecule has 6 heteroatoms. The third-order valence-electron chi connectivity index (χ3n) is 5.07. The maximum absolute atomic E-state index is 12.4. The Kier molecular flexibility index (Phi) is 5.78. The molecule has 1 N–H and O–H groups in total. The predicted molar refractivity (Wildman–Crippen MR) is 112 cm³/mol. The molecule has 0 aliphatic heterocycles. The molecule has 0 aliphatic rings. The van der Waals surface area contributed by atoms with Crippen LogP contribution in [0.3, 0.4) is 0 Å². The van der Waals surface area contributed by atoms with E-state index in [2.05, 4.69) is 34.6 Å². The number of nitrogens with one attached hydrogen (secondary N) is 1. The van der Waals surface area contributed by atoms with Crippen molar-refractivity contribution >= 4 is 17.7 Å².